The van der Waals surface area contributed by atoms with Gasteiger partial charge >= 0.3 is 0 Å². The predicted octanol–water partition coefficient (Wildman–Crippen LogP) is 2.49. The summed E-state index contributed by atoms with van der Waals surface area (Å²) < 4.78 is 27.8. The van der Waals surface area contributed by atoms with Gasteiger partial charge in [0.25, 0.3) is 0 Å². The first kappa shape index (κ1) is 16.3. The van der Waals surface area contributed by atoms with E-state index in [0.29, 0.717) is 19.1 Å². The molecule has 0 saturated heterocycles. The van der Waals surface area contributed by atoms with Crippen molar-refractivity contribution in [2.45, 2.75) is 38.6 Å². The molecule has 1 aliphatic rings. The number of aryl methyl sites for hydroxylation is 1. The van der Waals surface area contributed by atoms with E-state index in [0.717, 1.165) is 18.7 Å². The number of fused-ring (bicyclic) bond motifs is 1. The van der Waals surface area contributed by atoms with Gasteiger partial charge < -0.3 is 10.1 Å². The van der Waals surface area contributed by atoms with Gasteiger partial charge in [-0.05, 0) is 55.5 Å². The molecule has 4 nitrogen and oxygen atoms in total. The molecule has 1 aliphatic carbocycles. The van der Waals surface area contributed by atoms with Crippen LogP contribution >= 0.6 is 0 Å². The van der Waals surface area contributed by atoms with Crippen LogP contribution in [0.3, 0.4) is 0 Å². The molecule has 0 amide bonds. The Hall–Kier alpha value is -1.07. The molecule has 1 unspecified atom stereocenters. The Bertz CT molecular complexity index is 569. The highest BCUT2D eigenvalue weighted by Gasteiger charge is 2.19. The summed E-state index contributed by atoms with van der Waals surface area (Å²) in [6, 6.07) is 6.71. The highest BCUT2D eigenvalue weighted by Crippen LogP contribution is 2.32. The lowest BCUT2D eigenvalue weighted by molar-refractivity contribution is 0.316. The molecule has 2 rings (SSSR count). The van der Waals surface area contributed by atoms with Crippen LogP contribution in [-0.2, 0) is 16.3 Å². The topological polar surface area (TPSA) is 55.4 Å². The third-order valence-corrected chi connectivity index (χ3v) is 4.84. The minimum Gasteiger partial charge on any atom is -0.494 e. The Kier molecular flexibility index (Phi) is 5.65. The average molecular weight is 311 g/mol. The van der Waals surface area contributed by atoms with Crippen molar-refractivity contribution in [3.05, 3.63) is 29.3 Å². The van der Waals surface area contributed by atoms with Gasteiger partial charge in [-0.3, -0.25) is 0 Å². The molecular weight excluding hydrogens is 286 g/mol. The molecule has 0 aromatic heterocycles. The number of sulfone groups is 1. The number of nitrogens with one attached hydrogen (secondary N) is 1. The van der Waals surface area contributed by atoms with Crippen molar-refractivity contribution >= 4 is 9.84 Å². The lowest BCUT2D eigenvalue weighted by atomic mass is 9.87. The van der Waals surface area contributed by atoms with Crippen molar-refractivity contribution in [3.63, 3.8) is 0 Å². The summed E-state index contributed by atoms with van der Waals surface area (Å²) in [5, 5.41) is 3.52. The van der Waals surface area contributed by atoms with E-state index in [4.69, 9.17) is 4.74 Å². The average Bonchev–Trinajstić information content (AvgIpc) is 2.43. The zero-order valence-electron chi connectivity index (χ0n) is 12.9. The molecule has 1 aromatic rings. The second-order valence-corrected chi connectivity index (χ2v) is 7.95. The maximum absolute atomic E-state index is 11.1. The van der Waals surface area contributed by atoms with Gasteiger partial charge in [-0.1, -0.05) is 13.0 Å². The van der Waals surface area contributed by atoms with E-state index in [9.17, 15) is 8.42 Å². The lowest BCUT2D eigenvalue weighted by Crippen LogP contribution is -2.24. The predicted molar refractivity (Wildman–Crippen MR) is 85.6 cm³/mol. The standard InChI is InChI=1S/C16H25NO3S/c1-3-17-16-7-4-6-13-12-14(8-9-15(13)16)20-10-5-11-21(2,18)19/h8-9,12,16-17H,3-7,10-11H2,1-2H3. The molecule has 0 radical (unpaired) electrons. The van der Waals surface area contributed by atoms with E-state index in [-0.39, 0.29) is 5.75 Å². The zero-order chi connectivity index (χ0) is 15.3. The second kappa shape index (κ2) is 7.27. The molecule has 0 fully saturated rings. The number of hydrogen-bond acceptors (Lipinski definition) is 4. The molecule has 1 N–H and O–H groups in total. The Labute approximate surface area is 127 Å². The molecular formula is C16H25NO3S. The van der Waals surface area contributed by atoms with Gasteiger partial charge in [-0.2, -0.15) is 0 Å². The molecule has 5 heteroatoms. The van der Waals surface area contributed by atoms with Gasteiger partial charge in [-0.25, -0.2) is 8.42 Å². The maximum Gasteiger partial charge on any atom is 0.147 e. The van der Waals surface area contributed by atoms with Gasteiger partial charge in [0.15, 0.2) is 0 Å². The van der Waals surface area contributed by atoms with Crippen molar-refractivity contribution in [3.8, 4) is 5.75 Å². The second-order valence-electron chi connectivity index (χ2n) is 5.70. The minimum atomic E-state index is -2.89. The van der Waals surface area contributed by atoms with E-state index < -0.39 is 9.84 Å². The molecule has 21 heavy (non-hydrogen) atoms. The van der Waals surface area contributed by atoms with Crippen LogP contribution in [0.2, 0.25) is 0 Å². The molecule has 0 spiro atoms. The monoisotopic (exact) mass is 311 g/mol. The van der Waals surface area contributed by atoms with Crippen LogP contribution in [0.4, 0.5) is 0 Å². The first-order valence-corrected chi connectivity index (χ1v) is 9.72. The van der Waals surface area contributed by atoms with Crippen LogP contribution in [0.15, 0.2) is 18.2 Å². The van der Waals surface area contributed by atoms with E-state index in [1.54, 1.807) is 0 Å². The maximum atomic E-state index is 11.1. The number of benzene rings is 1. The third kappa shape index (κ3) is 5.00. The summed E-state index contributed by atoms with van der Waals surface area (Å²) >= 11 is 0. The largest absolute Gasteiger partial charge is 0.494 e. The van der Waals surface area contributed by atoms with Gasteiger partial charge in [0.2, 0.25) is 0 Å². The van der Waals surface area contributed by atoms with Crippen molar-refractivity contribution < 1.29 is 13.2 Å². The molecule has 1 aromatic carbocycles. The van der Waals surface area contributed by atoms with E-state index in [1.807, 2.05) is 6.07 Å². The number of ether oxygens (including phenoxy) is 1. The fraction of sp³-hybridized carbons (Fsp3) is 0.625. The molecule has 0 heterocycles. The quantitative estimate of drug-likeness (QED) is 0.786. The first-order chi connectivity index (χ1) is 9.99. The Morgan fingerprint density at radius 2 is 2.19 bits per heavy atom. The Morgan fingerprint density at radius 1 is 1.38 bits per heavy atom. The first-order valence-electron chi connectivity index (χ1n) is 7.66. The summed E-state index contributed by atoms with van der Waals surface area (Å²) in [6.07, 6.45) is 5.28. The van der Waals surface area contributed by atoms with Crippen LogP contribution in [0.5, 0.6) is 5.75 Å². The van der Waals surface area contributed by atoms with Crippen molar-refractivity contribution in [1.82, 2.24) is 5.32 Å². The summed E-state index contributed by atoms with van der Waals surface area (Å²) in [6.45, 7) is 3.56. The zero-order valence-corrected chi connectivity index (χ0v) is 13.7. The fourth-order valence-corrected chi connectivity index (χ4v) is 3.49. The Balaban J connectivity index is 1.94. The van der Waals surface area contributed by atoms with Crippen LogP contribution in [0, 0.1) is 0 Å². The normalized spacial score (nSPS) is 18.3. The third-order valence-electron chi connectivity index (χ3n) is 3.81. The summed E-state index contributed by atoms with van der Waals surface area (Å²) in [4.78, 5) is 0. The van der Waals surface area contributed by atoms with Crippen molar-refractivity contribution in [1.29, 1.82) is 0 Å². The molecule has 0 aliphatic heterocycles. The van der Waals surface area contributed by atoms with E-state index >= 15 is 0 Å². The molecule has 118 valence electrons. The van der Waals surface area contributed by atoms with Crippen LogP contribution in [0.25, 0.3) is 0 Å². The molecule has 1 atom stereocenters. The highest BCUT2D eigenvalue weighted by molar-refractivity contribution is 7.90. The number of hydrogen-bond donors (Lipinski definition) is 1. The highest BCUT2D eigenvalue weighted by atomic mass is 32.2. The van der Waals surface area contributed by atoms with E-state index in [1.165, 1.54) is 30.2 Å². The van der Waals surface area contributed by atoms with Gasteiger partial charge in [0, 0.05) is 12.3 Å². The van der Waals surface area contributed by atoms with Gasteiger partial charge in [0.05, 0.1) is 12.4 Å². The summed E-state index contributed by atoms with van der Waals surface area (Å²) in [5.41, 5.74) is 2.74. The van der Waals surface area contributed by atoms with Crippen LogP contribution in [0.1, 0.15) is 43.4 Å². The van der Waals surface area contributed by atoms with E-state index in [2.05, 4.69) is 24.4 Å². The van der Waals surface area contributed by atoms with Crippen molar-refractivity contribution in [2.75, 3.05) is 25.2 Å². The SMILES string of the molecule is CCNC1CCCc2cc(OCCCS(C)(=O)=O)ccc21. The van der Waals surface area contributed by atoms with Crippen LogP contribution in [-0.4, -0.2) is 33.6 Å². The molecule has 0 saturated carbocycles. The fourth-order valence-electron chi connectivity index (χ4n) is 2.85. The summed E-state index contributed by atoms with van der Waals surface area (Å²) in [5.74, 6) is 1.03. The number of rotatable bonds is 7. The van der Waals surface area contributed by atoms with Gasteiger partial charge in [0.1, 0.15) is 15.6 Å². The molecule has 0 bridgehead atoms. The summed E-state index contributed by atoms with van der Waals surface area (Å²) in [7, 11) is -2.89. The smallest absolute Gasteiger partial charge is 0.147 e. The lowest BCUT2D eigenvalue weighted by Gasteiger charge is -2.26. The van der Waals surface area contributed by atoms with Crippen LogP contribution < -0.4 is 10.1 Å². The minimum absolute atomic E-state index is 0.181. The van der Waals surface area contributed by atoms with Crippen molar-refractivity contribution in [2.24, 2.45) is 0 Å². The van der Waals surface area contributed by atoms with Gasteiger partial charge in [-0.15, -0.1) is 0 Å². The Morgan fingerprint density at radius 3 is 2.90 bits per heavy atom.